The second-order valence-corrected chi connectivity index (χ2v) is 7.94. The van der Waals surface area contributed by atoms with Crippen molar-refractivity contribution in [2.24, 2.45) is 0 Å². The summed E-state index contributed by atoms with van der Waals surface area (Å²) >= 11 is 2.68. The highest BCUT2D eigenvalue weighted by Crippen LogP contribution is 2.26. The maximum absolute atomic E-state index is 13.4. The SMILES string of the molecule is CC(=O)Nc1nc(CSc2nc3ccccc3c(=O)n2-c2ccc(F)cc2)cs1. The molecule has 4 aromatic rings. The van der Waals surface area contributed by atoms with Crippen molar-refractivity contribution in [2.75, 3.05) is 5.32 Å². The molecule has 0 atom stereocenters. The number of carbonyl (C=O) groups excluding carboxylic acids is 1. The lowest BCUT2D eigenvalue weighted by Gasteiger charge is -2.13. The summed E-state index contributed by atoms with van der Waals surface area (Å²) in [5.74, 6) is -0.0974. The Morgan fingerprint density at radius 2 is 1.93 bits per heavy atom. The lowest BCUT2D eigenvalue weighted by atomic mass is 10.2. The second kappa shape index (κ2) is 8.14. The van der Waals surface area contributed by atoms with Gasteiger partial charge < -0.3 is 5.32 Å². The fourth-order valence-corrected chi connectivity index (χ4v) is 4.51. The minimum absolute atomic E-state index is 0.181. The largest absolute Gasteiger partial charge is 0.302 e. The summed E-state index contributed by atoms with van der Waals surface area (Å²) in [5, 5.41) is 5.99. The van der Waals surface area contributed by atoms with Gasteiger partial charge in [-0.1, -0.05) is 23.9 Å². The summed E-state index contributed by atoms with van der Waals surface area (Å²) in [7, 11) is 0. The van der Waals surface area contributed by atoms with Crippen molar-refractivity contribution >= 4 is 45.0 Å². The Morgan fingerprint density at radius 3 is 2.69 bits per heavy atom. The van der Waals surface area contributed by atoms with Gasteiger partial charge in [-0.15, -0.1) is 11.3 Å². The molecule has 0 saturated heterocycles. The van der Waals surface area contributed by atoms with E-state index in [2.05, 4.69) is 15.3 Å². The molecule has 29 heavy (non-hydrogen) atoms. The number of anilines is 1. The molecule has 0 spiro atoms. The minimum Gasteiger partial charge on any atom is -0.302 e. The number of hydrogen-bond donors (Lipinski definition) is 1. The van der Waals surface area contributed by atoms with Crippen LogP contribution in [0.25, 0.3) is 16.6 Å². The molecule has 0 fully saturated rings. The van der Waals surface area contributed by atoms with E-state index in [4.69, 9.17) is 0 Å². The van der Waals surface area contributed by atoms with Gasteiger partial charge in [-0.05, 0) is 36.4 Å². The van der Waals surface area contributed by atoms with Gasteiger partial charge >= 0.3 is 0 Å². The first kappa shape index (κ1) is 19.3. The first-order valence-electron chi connectivity index (χ1n) is 8.64. The third-order valence-corrected chi connectivity index (χ3v) is 5.79. The van der Waals surface area contributed by atoms with E-state index in [1.807, 2.05) is 11.4 Å². The molecule has 1 N–H and O–H groups in total. The molecule has 0 bridgehead atoms. The summed E-state index contributed by atoms with van der Waals surface area (Å²) in [6.45, 7) is 1.43. The first-order valence-corrected chi connectivity index (χ1v) is 10.5. The first-order chi connectivity index (χ1) is 14.0. The topological polar surface area (TPSA) is 76.9 Å². The van der Waals surface area contributed by atoms with Crippen LogP contribution in [0, 0.1) is 5.82 Å². The lowest BCUT2D eigenvalue weighted by Crippen LogP contribution is -2.21. The van der Waals surface area contributed by atoms with Gasteiger partial charge in [0, 0.05) is 18.1 Å². The lowest BCUT2D eigenvalue weighted by molar-refractivity contribution is -0.114. The van der Waals surface area contributed by atoms with Gasteiger partial charge in [0.1, 0.15) is 5.82 Å². The van der Waals surface area contributed by atoms with Gasteiger partial charge in [0.25, 0.3) is 5.56 Å². The van der Waals surface area contributed by atoms with Crippen molar-refractivity contribution in [1.82, 2.24) is 14.5 Å². The Balaban J connectivity index is 1.73. The van der Waals surface area contributed by atoms with Crippen LogP contribution >= 0.6 is 23.1 Å². The van der Waals surface area contributed by atoms with E-state index in [0.717, 1.165) is 5.69 Å². The van der Waals surface area contributed by atoms with Gasteiger partial charge in [0.2, 0.25) is 5.91 Å². The van der Waals surface area contributed by atoms with E-state index in [1.165, 1.54) is 46.7 Å². The van der Waals surface area contributed by atoms with Gasteiger partial charge in [-0.2, -0.15) is 0 Å². The summed E-state index contributed by atoms with van der Waals surface area (Å²) in [4.78, 5) is 33.3. The number of carbonyl (C=O) groups is 1. The number of thiazole rings is 1. The van der Waals surface area contributed by atoms with Crippen LogP contribution in [0.3, 0.4) is 0 Å². The van der Waals surface area contributed by atoms with Crippen LogP contribution in [0.5, 0.6) is 0 Å². The van der Waals surface area contributed by atoms with E-state index < -0.39 is 0 Å². The van der Waals surface area contributed by atoms with Crippen LogP contribution in [0.4, 0.5) is 9.52 Å². The third-order valence-electron chi connectivity index (χ3n) is 4.01. The van der Waals surface area contributed by atoms with Crippen molar-refractivity contribution in [3.63, 3.8) is 0 Å². The maximum Gasteiger partial charge on any atom is 0.266 e. The van der Waals surface area contributed by atoms with E-state index in [1.54, 1.807) is 30.3 Å². The number of nitrogens with zero attached hydrogens (tertiary/aromatic N) is 3. The molecular weight excluding hydrogens is 411 g/mol. The van der Waals surface area contributed by atoms with Crippen molar-refractivity contribution < 1.29 is 9.18 Å². The molecule has 0 aliphatic rings. The molecule has 0 saturated carbocycles. The smallest absolute Gasteiger partial charge is 0.266 e. The Morgan fingerprint density at radius 1 is 1.17 bits per heavy atom. The molecule has 9 heteroatoms. The molecular formula is C20H15FN4O2S2. The minimum atomic E-state index is -0.377. The van der Waals surface area contributed by atoms with E-state index >= 15 is 0 Å². The molecule has 2 aromatic carbocycles. The van der Waals surface area contributed by atoms with Crippen molar-refractivity contribution in [2.45, 2.75) is 17.8 Å². The predicted molar refractivity (Wildman–Crippen MR) is 113 cm³/mol. The fraction of sp³-hybridized carbons (Fsp3) is 0.100. The van der Waals surface area contributed by atoms with Crippen molar-refractivity contribution in [3.05, 3.63) is 75.8 Å². The highest BCUT2D eigenvalue weighted by molar-refractivity contribution is 7.98. The third kappa shape index (κ3) is 4.20. The maximum atomic E-state index is 13.4. The average Bonchev–Trinajstić information content (AvgIpc) is 3.14. The predicted octanol–water partition coefficient (Wildman–Crippen LogP) is 4.23. The number of amides is 1. The van der Waals surface area contributed by atoms with E-state index in [9.17, 15) is 14.0 Å². The van der Waals surface area contributed by atoms with Gasteiger partial charge in [-0.25, -0.2) is 14.4 Å². The Bertz CT molecular complexity index is 1250. The van der Waals surface area contributed by atoms with Gasteiger partial charge in [0.15, 0.2) is 10.3 Å². The monoisotopic (exact) mass is 426 g/mol. The summed E-state index contributed by atoms with van der Waals surface area (Å²) < 4.78 is 14.9. The molecule has 0 unspecified atom stereocenters. The Hall–Kier alpha value is -3.04. The number of nitrogens with one attached hydrogen (secondary N) is 1. The number of halogens is 1. The number of benzene rings is 2. The average molecular weight is 426 g/mol. The number of fused-ring (bicyclic) bond motifs is 1. The summed E-state index contributed by atoms with van der Waals surface area (Å²) in [6, 6.07) is 12.8. The van der Waals surface area contributed by atoms with Crippen molar-refractivity contribution in [3.8, 4) is 5.69 Å². The molecule has 4 rings (SSSR count). The summed E-state index contributed by atoms with van der Waals surface area (Å²) in [5.41, 5.74) is 1.67. The molecule has 0 radical (unpaired) electrons. The zero-order chi connectivity index (χ0) is 20.4. The number of hydrogen-bond acceptors (Lipinski definition) is 6. The zero-order valence-corrected chi connectivity index (χ0v) is 16.9. The van der Waals surface area contributed by atoms with Crippen molar-refractivity contribution in [1.29, 1.82) is 0 Å². The van der Waals surface area contributed by atoms with Crippen LogP contribution in [0.15, 0.2) is 63.9 Å². The quantitative estimate of drug-likeness (QED) is 0.382. The van der Waals surface area contributed by atoms with E-state index in [-0.39, 0.29) is 17.3 Å². The molecule has 146 valence electrons. The zero-order valence-electron chi connectivity index (χ0n) is 15.3. The van der Waals surface area contributed by atoms with Crippen LogP contribution in [0.2, 0.25) is 0 Å². The van der Waals surface area contributed by atoms with Crippen LogP contribution < -0.4 is 10.9 Å². The molecule has 0 aliphatic heterocycles. The molecule has 0 aliphatic carbocycles. The fourth-order valence-electron chi connectivity index (χ4n) is 2.75. The molecule has 2 aromatic heterocycles. The van der Waals surface area contributed by atoms with Crippen LogP contribution in [-0.2, 0) is 10.5 Å². The number of aromatic nitrogens is 3. The number of rotatable bonds is 5. The number of para-hydroxylation sites is 1. The van der Waals surface area contributed by atoms with Crippen LogP contribution in [-0.4, -0.2) is 20.4 Å². The molecule has 1 amide bonds. The highest BCUT2D eigenvalue weighted by Gasteiger charge is 2.14. The molecule has 2 heterocycles. The summed E-state index contributed by atoms with van der Waals surface area (Å²) in [6.07, 6.45) is 0. The van der Waals surface area contributed by atoms with Crippen LogP contribution in [0.1, 0.15) is 12.6 Å². The Labute approximate surface area is 173 Å². The Kier molecular flexibility index (Phi) is 5.41. The normalized spacial score (nSPS) is 11.0. The second-order valence-electron chi connectivity index (χ2n) is 6.14. The standard InChI is InChI=1S/C20H15FN4O2S2/c1-12(26)22-19-23-14(10-28-19)11-29-20-24-17-5-3-2-4-16(17)18(27)25(20)15-8-6-13(21)7-9-15/h2-10H,11H2,1H3,(H,22,23,26). The van der Waals surface area contributed by atoms with Gasteiger partial charge in [0.05, 0.1) is 22.3 Å². The molecule has 6 nitrogen and oxygen atoms in total. The number of thioether (sulfide) groups is 1. The van der Waals surface area contributed by atoms with E-state index in [0.29, 0.717) is 32.6 Å². The highest BCUT2D eigenvalue weighted by atomic mass is 32.2. The van der Waals surface area contributed by atoms with Gasteiger partial charge in [-0.3, -0.25) is 14.2 Å².